The van der Waals surface area contributed by atoms with Gasteiger partial charge >= 0.3 is 0 Å². The van der Waals surface area contributed by atoms with Gasteiger partial charge in [-0.2, -0.15) is 15.1 Å². The molecule has 3 aromatic rings. The third kappa shape index (κ3) is 1.86. The van der Waals surface area contributed by atoms with Gasteiger partial charge in [-0.25, -0.2) is 0 Å². The normalized spacial score (nSPS) is 10.9. The van der Waals surface area contributed by atoms with Crippen molar-refractivity contribution in [2.75, 3.05) is 11.1 Å². The first-order chi connectivity index (χ1) is 8.72. The molecule has 3 heterocycles. The quantitative estimate of drug-likeness (QED) is 0.644. The van der Waals surface area contributed by atoms with Crippen LogP contribution in [0, 0.1) is 6.92 Å². The molecule has 0 aliphatic rings. The molecular weight excluding hydrogens is 232 g/mol. The van der Waals surface area contributed by atoms with Crippen molar-refractivity contribution in [2.45, 2.75) is 13.5 Å². The van der Waals surface area contributed by atoms with E-state index in [0.29, 0.717) is 18.0 Å². The highest BCUT2D eigenvalue weighted by Gasteiger charge is 2.08. The van der Waals surface area contributed by atoms with Crippen molar-refractivity contribution in [1.82, 2.24) is 20.2 Å². The summed E-state index contributed by atoms with van der Waals surface area (Å²) >= 11 is 0. The number of hydrogen-bond donors (Lipinski definition) is 3. The zero-order valence-electron chi connectivity index (χ0n) is 9.77. The number of aromatic nitrogens is 4. The number of fused-ring (bicyclic) bond motifs is 1. The van der Waals surface area contributed by atoms with Crippen LogP contribution in [0.4, 0.5) is 11.8 Å². The fourth-order valence-electron chi connectivity index (χ4n) is 1.74. The minimum atomic E-state index is 0.199. The van der Waals surface area contributed by atoms with Crippen molar-refractivity contribution in [3.05, 3.63) is 29.9 Å². The smallest absolute Gasteiger partial charge is 0.224 e. The van der Waals surface area contributed by atoms with Crippen molar-refractivity contribution in [1.29, 1.82) is 0 Å². The van der Waals surface area contributed by atoms with E-state index in [1.807, 2.05) is 19.1 Å². The second-order valence-electron chi connectivity index (χ2n) is 3.93. The summed E-state index contributed by atoms with van der Waals surface area (Å²) in [7, 11) is 0. The topological polar surface area (TPSA) is 106 Å². The summed E-state index contributed by atoms with van der Waals surface area (Å²) in [6.07, 6.45) is 1.66. The van der Waals surface area contributed by atoms with Gasteiger partial charge in [0.2, 0.25) is 5.95 Å². The molecule has 3 aromatic heterocycles. The third-order valence-corrected chi connectivity index (χ3v) is 2.55. The van der Waals surface area contributed by atoms with Crippen molar-refractivity contribution < 1.29 is 4.42 Å². The molecule has 4 N–H and O–H groups in total. The lowest BCUT2D eigenvalue weighted by Crippen LogP contribution is -2.04. The molecule has 0 saturated carbocycles. The van der Waals surface area contributed by atoms with E-state index in [9.17, 15) is 0 Å². The summed E-state index contributed by atoms with van der Waals surface area (Å²) in [5.74, 6) is 2.55. The molecule has 3 rings (SSSR count). The number of furan rings is 1. The highest BCUT2D eigenvalue weighted by Crippen LogP contribution is 2.19. The number of aromatic amines is 1. The van der Waals surface area contributed by atoms with Gasteiger partial charge in [-0.1, -0.05) is 0 Å². The molecule has 0 unspecified atom stereocenters. The number of H-pyrrole nitrogens is 1. The van der Waals surface area contributed by atoms with Crippen molar-refractivity contribution in [3.8, 4) is 0 Å². The first-order valence-electron chi connectivity index (χ1n) is 5.48. The summed E-state index contributed by atoms with van der Waals surface area (Å²) < 4.78 is 5.47. The van der Waals surface area contributed by atoms with E-state index < -0.39 is 0 Å². The summed E-state index contributed by atoms with van der Waals surface area (Å²) in [4.78, 5) is 8.19. The number of nitrogens with zero attached hydrogens (tertiary/aromatic N) is 3. The Balaban J connectivity index is 1.87. The molecule has 7 nitrogen and oxygen atoms in total. The van der Waals surface area contributed by atoms with Crippen LogP contribution in [0.5, 0.6) is 0 Å². The monoisotopic (exact) mass is 244 g/mol. The first kappa shape index (κ1) is 10.6. The maximum absolute atomic E-state index is 5.62. The SMILES string of the molecule is Cc1ccc(CNc2nc(N)nc3[nH]ncc23)o1. The van der Waals surface area contributed by atoms with Gasteiger partial charge < -0.3 is 15.5 Å². The molecular formula is C11H12N6O. The van der Waals surface area contributed by atoms with Crippen molar-refractivity contribution >= 4 is 22.8 Å². The maximum Gasteiger partial charge on any atom is 0.224 e. The van der Waals surface area contributed by atoms with Gasteiger partial charge in [0.1, 0.15) is 17.3 Å². The van der Waals surface area contributed by atoms with Crippen LogP contribution in [-0.2, 0) is 6.54 Å². The summed E-state index contributed by atoms with van der Waals surface area (Å²) in [5.41, 5.74) is 6.24. The van der Waals surface area contributed by atoms with E-state index in [0.717, 1.165) is 16.9 Å². The van der Waals surface area contributed by atoms with Crippen LogP contribution in [0.1, 0.15) is 11.5 Å². The fraction of sp³-hybridized carbons (Fsp3) is 0.182. The summed E-state index contributed by atoms with van der Waals surface area (Å²) in [6.45, 7) is 2.44. The highest BCUT2D eigenvalue weighted by molar-refractivity contribution is 5.86. The lowest BCUT2D eigenvalue weighted by molar-refractivity contribution is 0.490. The molecule has 0 saturated heterocycles. The maximum atomic E-state index is 5.62. The second-order valence-corrected chi connectivity index (χ2v) is 3.93. The largest absolute Gasteiger partial charge is 0.465 e. The van der Waals surface area contributed by atoms with Gasteiger partial charge in [-0.05, 0) is 19.1 Å². The number of aryl methyl sites for hydroxylation is 1. The minimum absolute atomic E-state index is 0.199. The average molecular weight is 244 g/mol. The Morgan fingerprint density at radius 3 is 3.06 bits per heavy atom. The Kier molecular flexibility index (Phi) is 2.36. The molecule has 7 heteroatoms. The number of nitrogen functional groups attached to an aromatic ring is 1. The summed E-state index contributed by atoms with van der Waals surface area (Å²) in [5, 5.41) is 10.6. The van der Waals surface area contributed by atoms with Gasteiger partial charge in [-0.15, -0.1) is 0 Å². The average Bonchev–Trinajstić information content (AvgIpc) is 2.94. The van der Waals surface area contributed by atoms with E-state index in [1.54, 1.807) is 6.20 Å². The molecule has 0 bridgehead atoms. The molecule has 18 heavy (non-hydrogen) atoms. The Labute approximate surface area is 102 Å². The van der Waals surface area contributed by atoms with Crippen LogP contribution in [0.25, 0.3) is 11.0 Å². The number of nitrogens with one attached hydrogen (secondary N) is 2. The molecule has 0 aromatic carbocycles. The van der Waals surface area contributed by atoms with Crippen molar-refractivity contribution in [3.63, 3.8) is 0 Å². The molecule has 0 spiro atoms. The molecule has 0 amide bonds. The van der Waals surface area contributed by atoms with E-state index in [1.165, 1.54) is 0 Å². The minimum Gasteiger partial charge on any atom is -0.465 e. The van der Waals surface area contributed by atoms with Crippen LogP contribution < -0.4 is 11.1 Å². The second kappa shape index (κ2) is 4.02. The van der Waals surface area contributed by atoms with E-state index >= 15 is 0 Å². The number of anilines is 2. The lowest BCUT2D eigenvalue weighted by atomic mass is 10.3. The standard InChI is InChI=1S/C11H12N6O/c1-6-2-3-7(18-6)4-13-9-8-5-14-17-10(8)16-11(12)15-9/h2-3,5H,4H2,1H3,(H4,12,13,14,15,16,17). The molecule has 0 aliphatic carbocycles. The Bertz CT molecular complexity index is 686. The zero-order chi connectivity index (χ0) is 12.5. The number of rotatable bonds is 3. The number of nitrogens with two attached hydrogens (primary N) is 1. The molecule has 0 aliphatic heterocycles. The van der Waals surface area contributed by atoms with Crippen LogP contribution >= 0.6 is 0 Å². The molecule has 0 radical (unpaired) electrons. The number of hydrogen-bond acceptors (Lipinski definition) is 6. The van der Waals surface area contributed by atoms with Crippen LogP contribution in [0.15, 0.2) is 22.7 Å². The van der Waals surface area contributed by atoms with E-state index in [4.69, 9.17) is 10.2 Å². The van der Waals surface area contributed by atoms with E-state index in [-0.39, 0.29) is 5.95 Å². The fourth-order valence-corrected chi connectivity index (χ4v) is 1.74. The van der Waals surface area contributed by atoms with Gasteiger partial charge in [-0.3, -0.25) is 5.10 Å². The molecule has 0 atom stereocenters. The van der Waals surface area contributed by atoms with Crippen molar-refractivity contribution in [2.24, 2.45) is 0 Å². The van der Waals surface area contributed by atoms with Gasteiger partial charge in [0.05, 0.1) is 18.1 Å². The van der Waals surface area contributed by atoms with Crippen LogP contribution in [0.2, 0.25) is 0 Å². The zero-order valence-corrected chi connectivity index (χ0v) is 9.77. The Morgan fingerprint density at radius 2 is 2.28 bits per heavy atom. The van der Waals surface area contributed by atoms with Crippen LogP contribution in [-0.4, -0.2) is 20.2 Å². The summed E-state index contributed by atoms with van der Waals surface area (Å²) in [6, 6.07) is 3.83. The highest BCUT2D eigenvalue weighted by atomic mass is 16.3. The molecule has 92 valence electrons. The van der Waals surface area contributed by atoms with Crippen LogP contribution in [0.3, 0.4) is 0 Å². The third-order valence-electron chi connectivity index (χ3n) is 2.55. The predicted octanol–water partition coefficient (Wildman–Crippen LogP) is 1.45. The van der Waals surface area contributed by atoms with Gasteiger partial charge in [0, 0.05) is 0 Å². The predicted molar refractivity (Wildman–Crippen MR) is 66.9 cm³/mol. The van der Waals surface area contributed by atoms with E-state index in [2.05, 4.69) is 25.5 Å². The van der Waals surface area contributed by atoms with Gasteiger partial charge in [0.25, 0.3) is 0 Å². The first-order valence-corrected chi connectivity index (χ1v) is 5.48. The van der Waals surface area contributed by atoms with Gasteiger partial charge in [0.15, 0.2) is 5.65 Å². The Hall–Kier alpha value is -2.57. The molecule has 0 fully saturated rings. The lowest BCUT2D eigenvalue weighted by Gasteiger charge is -2.05. The Morgan fingerprint density at radius 1 is 1.39 bits per heavy atom.